The minimum absolute atomic E-state index is 0.0395. The Morgan fingerprint density at radius 3 is 2.55 bits per heavy atom. The largest absolute Gasteiger partial charge is 0.496 e. The van der Waals surface area contributed by atoms with Crippen LogP contribution in [0.2, 0.25) is 0 Å². The Balaban J connectivity index is 1.77. The zero-order chi connectivity index (χ0) is 20.4. The molecule has 1 heterocycles. The van der Waals surface area contributed by atoms with Crippen molar-refractivity contribution in [3.05, 3.63) is 41.1 Å². The third-order valence-corrected chi connectivity index (χ3v) is 6.43. The number of ether oxygens (including phenoxy) is 2. The molecule has 1 aliphatic heterocycles. The molecule has 0 N–H and O–H groups in total. The van der Waals surface area contributed by atoms with E-state index in [4.69, 9.17) is 14.5 Å². The summed E-state index contributed by atoms with van der Waals surface area (Å²) in [5.41, 5.74) is 2.94. The highest BCUT2D eigenvalue weighted by molar-refractivity contribution is 6.11. The monoisotopic (exact) mass is 395 g/mol. The fraction of sp³-hybridized carbons (Fsp3) is 0.542. The van der Waals surface area contributed by atoms with E-state index in [1.807, 2.05) is 31.2 Å². The molecule has 0 radical (unpaired) electrons. The lowest BCUT2D eigenvalue weighted by atomic mass is 9.69. The van der Waals surface area contributed by atoms with E-state index in [-0.39, 0.29) is 17.9 Å². The van der Waals surface area contributed by atoms with Crippen LogP contribution in [0, 0.1) is 5.92 Å². The summed E-state index contributed by atoms with van der Waals surface area (Å²) >= 11 is 0. The number of hydrogen-bond acceptors (Lipinski definition) is 5. The van der Waals surface area contributed by atoms with Crippen LogP contribution < -0.4 is 4.74 Å². The van der Waals surface area contributed by atoms with Crippen LogP contribution in [0.15, 0.2) is 40.5 Å². The van der Waals surface area contributed by atoms with Gasteiger partial charge in [0, 0.05) is 29.3 Å². The number of carbonyl (C=O) groups excluding carboxylic acids is 2. The normalized spacial score (nSPS) is 25.3. The van der Waals surface area contributed by atoms with Crippen molar-refractivity contribution in [1.29, 1.82) is 0 Å². The molecule has 2 saturated carbocycles. The first-order valence-electron chi connectivity index (χ1n) is 10.7. The van der Waals surface area contributed by atoms with Gasteiger partial charge in [-0.1, -0.05) is 24.6 Å². The minimum Gasteiger partial charge on any atom is -0.496 e. The van der Waals surface area contributed by atoms with Crippen molar-refractivity contribution >= 4 is 17.5 Å². The molecule has 4 rings (SSSR count). The van der Waals surface area contributed by atoms with E-state index >= 15 is 0 Å². The zero-order valence-corrected chi connectivity index (χ0v) is 17.3. The number of methoxy groups -OCH3 is 1. The summed E-state index contributed by atoms with van der Waals surface area (Å²) in [5.74, 6) is -0.291. The van der Waals surface area contributed by atoms with Crippen molar-refractivity contribution in [3.63, 3.8) is 0 Å². The Bertz CT molecular complexity index is 863. The van der Waals surface area contributed by atoms with E-state index in [9.17, 15) is 9.59 Å². The van der Waals surface area contributed by atoms with Crippen molar-refractivity contribution < 1.29 is 19.1 Å². The molecule has 5 heteroatoms. The Labute approximate surface area is 172 Å². The summed E-state index contributed by atoms with van der Waals surface area (Å²) in [5, 5.41) is 0. The molecule has 0 aromatic heterocycles. The van der Waals surface area contributed by atoms with Crippen molar-refractivity contribution in [1.82, 2.24) is 0 Å². The molecule has 2 atom stereocenters. The molecule has 5 nitrogen and oxygen atoms in total. The quantitative estimate of drug-likeness (QED) is 0.690. The fourth-order valence-electron chi connectivity index (χ4n) is 5.04. The number of benzene rings is 1. The third kappa shape index (κ3) is 3.87. The van der Waals surface area contributed by atoms with E-state index in [0.717, 1.165) is 49.8 Å². The molecule has 29 heavy (non-hydrogen) atoms. The lowest BCUT2D eigenvalue weighted by Gasteiger charge is -2.36. The molecular formula is C24H29NO4. The van der Waals surface area contributed by atoms with E-state index < -0.39 is 11.8 Å². The average molecular weight is 395 g/mol. The number of nitrogens with zero attached hydrogens (tertiary/aromatic N) is 1. The number of aliphatic imine (C=N–C) groups is 1. The summed E-state index contributed by atoms with van der Waals surface area (Å²) < 4.78 is 11.5. The Morgan fingerprint density at radius 1 is 1.03 bits per heavy atom. The highest BCUT2D eigenvalue weighted by Crippen LogP contribution is 2.46. The fourth-order valence-corrected chi connectivity index (χ4v) is 5.04. The van der Waals surface area contributed by atoms with Gasteiger partial charge in [0.15, 0.2) is 0 Å². The number of para-hydroxylation sites is 1. The van der Waals surface area contributed by atoms with E-state index in [0.29, 0.717) is 23.4 Å². The Morgan fingerprint density at radius 2 is 1.79 bits per heavy atom. The number of allylic oxidation sites excluding steroid dienone is 1. The number of fused-ring (bicyclic) bond motifs is 1. The maximum Gasteiger partial charge on any atom is 0.336 e. The molecule has 1 aromatic rings. The van der Waals surface area contributed by atoms with Gasteiger partial charge in [-0.3, -0.25) is 9.79 Å². The Hall–Kier alpha value is -2.43. The molecule has 2 fully saturated rings. The smallest absolute Gasteiger partial charge is 0.336 e. The van der Waals surface area contributed by atoms with Crippen molar-refractivity contribution in [2.45, 2.75) is 70.3 Å². The number of esters is 1. The minimum atomic E-state index is -0.405. The first-order chi connectivity index (χ1) is 14.1. The standard InChI is InChI=1S/C24H29NO4/c1-15-21(24(27)29-16-9-4-3-5-10-16)22(17-11-6-7-14-20(17)28-2)23-18(25-15)12-8-13-19(23)26/h6-7,11,14,16,22-23H,3-5,8-10,12-13H2,1-2H3. The zero-order valence-electron chi connectivity index (χ0n) is 17.3. The number of carbonyl (C=O) groups is 2. The van der Waals surface area contributed by atoms with Gasteiger partial charge in [0.2, 0.25) is 0 Å². The third-order valence-electron chi connectivity index (χ3n) is 6.43. The number of rotatable bonds is 4. The maximum atomic E-state index is 13.3. The van der Waals surface area contributed by atoms with Gasteiger partial charge in [-0.25, -0.2) is 4.79 Å². The molecule has 154 valence electrons. The van der Waals surface area contributed by atoms with Crippen molar-refractivity contribution in [2.24, 2.45) is 10.9 Å². The molecule has 2 unspecified atom stereocenters. The van der Waals surface area contributed by atoms with E-state index in [1.165, 1.54) is 6.42 Å². The highest BCUT2D eigenvalue weighted by Gasteiger charge is 2.45. The summed E-state index contributed by atoms with van der Waals surface area (Å²) in [4.78, 5) is 31.0. The molecule has 0 spiro atoms. The second-order valence-corrected chi connectivity index (χ2v) is 8.28. The summed E-state index contributed by atoms with van der Waals surface area (Å²) in [6.45, 7) is 1.86. The number of Topliss-reactive ketones (excluding diaryl/α,β-unsaturated/α-hetero) is 1. The topological polar surface area (TPSA) is 65.0 Å². The molecule has 0 bridgehead atoms. The van der Waals surface area contributed by atoms with Crippen molar-refractivity contribution in [2.75, 3.05) is 7.11 Å². The van der Waals surface area contributed by atoms with E-state index in [1.54, 1.807) is 7.11 Å². The molecular weight excluding hydrogens is 366 g/mol. The van der Waals surface area contributed by atoms with Crippen LogP contribution in [-0.2, 0) is 14.3 Å². The van der Waals surface area contributed by atoms with Gasteiger partial charge in [0.1, 0.15) is 17.6 Å². The van der Waals surface area contributed by atoms with Crippen LogP contribution >= 0.6 is 0 Å². The van der Waals surface area contributed by atoms with Crippen molar-refractivity contribution in [3.8, 4) is 5.75 Å². The Kier molecular flexibility index (Phi) is 5.84. The van der Waals surface area contributed by atoms with Gasteiger partial charge < -0.3 is 9.47 Å². The molecule has 1 aromatic carbocycles. The SMILES string of the molecule is COc1ccccc1C1C(C(=O)OC2CCCCC2)=C(C)N=C2CCCC(=O)C21. The lowest BCUT2D eigenvalue weighted by Crippen LogP contribution is -2.39. The van der Waals surface area contributed by atoms with Crippen LogP contribution in [0.25, 0.3) is 0 Å². The van der Waals surface area contributed by atoms with Crippen LogP contribution in [0.3, 0.4) is 0 Å². The summed E-state index contributed by atoms with van der Waals surface area (Å²) in [6.07, 6.45) is 7.31. The lowest BCUT2D eigenvalue weighted by molar-refractivity contribution is -0.146. The molecule has 0 saturated heterocycles. The van der Waals surface area contributed by atoms with Gasteiger partial charge >= 0.3 is 5.97 Å². The van der Waals surface area contributed by atoms with Crippen LogP contribution in [0.4, 0.5) is 0 Å². The van der Waals surface area contributed by atoms with Crippen LogP contribution in [0.5, 0.6) is 5.75 Å². The van der Waals surface area contributed by atoms with Gasteiger partial charge in [-0.15, -0.1) is 0 Å². The predicted octanol–water partition coefficient (Wildman–Crippen LogP) is 4.75. The van der Waals surface area contributed by atoms with E-state index in [2.05, 4.69) is 0 Å². The van der Waals surface area contributed by atoms with Crippen LogP contribution in [0.1, 0.15) is 69.8 Å². The molecule has 0 amide bonds. The second-order valence-electron chi connectivity index (χ2n) is 8.28. The average Bonchev–Trinajstić information content (AvgIpc) is 2.73. The van der Waals surface area contributed by atoms with Gasteiger partial charge in [0.25, 0.3) is 0 Å². The van der Waals surface area contributed by atoms with Crippen LogP contribution in [-0.4, -0.2) is 30.7 Å². The second kappa shape index (κ2) is 8.52. The number of ketones is 1. The molecule has 3 aliphatic rings. The predicted molar refractivity (Wildman–Crippen MR) is 111 cm³/mol. The molecule has 2 aliphatic carbocycles. The highest BCUT2D eigenvalue weighted by atomic mass is 16.5. The number of hydrogen-bond donors (Lipinski definition) is 0. The summed E-state index contributed by atoms with van der Waals surface area (Å²) in [6, 6.07) is 7.67. The first-order valence-corrected chi connectivity index (χ1v) is 10.7. The van der Waals surface area contributed by atoms with Gasteiger partial charge in [0.05, 0.1) is 18.6 Å². The summed E-state index contributed by atoms with van der Waals surface area (Å²) in [7, 11) is 1.62. The van der Waals surface area contributed by atoms with Gasteiger partial charge in [-0.05, 0) is 51.5 Å². The maximum absolute atomic E-state index is 13.3. The van der Waals surface area contributed by atoms with Gasteiger partial charge in [-0.2, -0.15) is 0 Å². The first kappa shape index (κ1) is 19.9.